The van der Waals surface area contributed by atoms with Gasteiger partial charge in [0.05, 0.1) is 5.69 Å². The molecule has 0 saturated carbocycles. The van der Waals surface area contributed by atoms with E-state index in [1.54, 1.807) is 29.1 Å². The van der Waals surface area contributed by atoms with Crippen LogP contribution in [0, 0.1) is 11.9 Å². The molecule has 0 N–H and O–H groups in total. The fourth-order valence-electron chi connectivity index (χ4n) is 1.10. The molecule has 2 aromatic rings. The molecule has 1 nitrogen and oxygen atoms in total. The van der Waals surface area contributed by atoms with Crippen LogP contribution < -0.4 is 0 Å². The summed E-state index contributed by atoms with van der Waals surface area (Å²) in [4.78, 5) is 0. The van der Waals surface area contributed by atoms with Gasteiger partial charge in [0.1, 0.15) is 5.82 Å². The van der Waals surface area contributed by atoms with Gasteiger partial charge < -0.3 is 4.57 Å². The second kappa shape index (κ2) is 2.81. The zero-order valence-electron chi connectivity index (χ0n) is 6.37. The Hall–Kier alpha value is -1.57. The molecular weight excluding hydrogens is 153 g/mol. The summed E-state index contributed by atoms with van der Waals surface area (Å²) in [6.45, 7) is 0. The third kappa shape index (κ3) is 1.11. The van der Waals surface area contributed by atoms with E-state index in [1.807, 2.05) is 12.1 Å². The van der Waals surface area contributed by atoms with E-state index in [-0.39, 0.29) is 5.82 Å². The van der Waals surface area contributed by atoms with E-state index < -0.39 is 0 Å². The Morgan fingerprint density at radius 3 is 2.67 bits per heavy atom. The van der Waals surface area contributed by atoms with Crippen LogP contribution in [0.5, 0.6) is 0 Å². The Labute approximate surface area is 70.1 Å². The van der Waals surface area contributed by atoms with E-state index in [0.29, 0.717) is 5.69 Å². The monoisotopic (exact) mass is 160 g/mol. The maximum atomic E-state index is 13.1. The average Bonchev–Trinajstić information content (AvgIpc) is 2.57. The molecule has 1 heterocycles. The van der Waals surface area contributed by atoms with Gasteiger partial charge in [-0.15, -0.1) is 0 Å². The Kier molecular flexibility index (Phi) is 1.67. The lowest BCUT2D eigenvalue weighted by Gasteiger charge is -2.02. The molecule has 1 radical (unpaired) electrons. The minimum Gasteiger partial charge on any atom is -0.321 e. The van der Waals surface area contributed by atoms with Crippen LogP contribution in [0.1, 0.15) is 0 Å². The first-order valence-corrected chi connectivity index (χ1v) is 3.67. The first kappa shape index (κ1) is 7.10. The summed E-state index contributed by atoms with van der Waals surface area (Å²) in [7, 11) is 0. The van der Waals surface area contributed by atoms with Crippen molar-refractivity contribution in [3.05, 3.63) is 54.6 Å². The summed E-state index contributed by atoms with van der Waals surface area (Å²) in [6, 6.07) is 11.1. The molecule has 12 heavy (non-hydrogen) atoms. The Bertz CT molecular complexity index is 365. The maximum absolute atomic E-state index is 13.1. The number of rotatable bonds is 1. The predicted octanol–water partition coefficient (Wildman–Crippen LogP) is 2.42. The van der Waals surface area contributed by atoms with Crippen molar-refractivity contribution in [2.24, 2.45) is 0 Å². The van der Waals surface area contributed by atoms with Crippen molar-refractivity contribution >= 4 is 0 Å². The summed E-state index contributed by atoms with van der Waals surface area (Å²) in [5.41, 5.74) is 0.530. The molecule has 2 rings (SSSR count). The van der Waals surface area contributed by atoms with Crippen LogP contribution in [0.4, 0.5) is 4.39 Å². The van der Waals surface area contributed by atoms with Crippen LogP contribution >= 0.6 is 0 Å². The molecule has 0 aliphatic heterocycles. The van der Waals surface area contributed by atoms with E-state index in [4.69, 9.17) is 0 Å². The van der Waals surface area contributed by atoms with Gasteiger partial charge in [-0.25, -0.2) is 4.39 Å². The molecule has 0 saturated heterocycles. The maximum Gasteiger partial charge on any atom is 0.147 e. The molecule has 0 aliphatic rings. The number of hydrogen-bond donors (Lipinski definition) is 0. The molecule has 0 amide bonds. The number of aromatic nitrogens is 1. The highest BCUT2D eigenvalue weighted by Gasteiger charge is 1.99. The lowest BCUT2D eigenvalue weighted by Crippen LogP contribution is -1.92. The summed E-state index contributed by atoms with van der Waals surface area (Å²) >= 11 is 0. The number of benzene rings is 1. The van der Waals surface area contributed by atoms with E-state index in [2.05, 4.69) is 6.07 Å². The minimum atomic E-state index is -0.232. The minimum absolute atomic E-state index is 0.232. The lowest BCUT2D eigenvalue weighted by molar-refractivity contribution is 0.618. The molecule has 0 fully saturated rings. The zero-order chi connectivity index (χ0) is 8.39. The van der Waals surface area contributed by atoms with E-state index in [1.165, 1.54) is 6.07 Å². The highest BCUT2D eigenvalue weighted by Crippen LogP contribution is 2.11. The second-order valence-electron chi connectivity index (χ2n) is 2.47. The average molecular weight is 160 g/mol. The fourth-order valence-corrected chi connectivity index (χ4v) is 1.10. The molecule has 0 atom stereocenters. The summed E-state index contributed by atoms with van der Waals surface area (Å²) in [5, 5.41) is 0. The highest BCUT2D eigenvalue weighted by molar-refractivity contribution is 5.33. The fraction of sp³-hybridized carbons (Fsp3) is 0. The predicted molar refractivity (Wildman–Crippen MR) is 44.6 cm³/mol. The van der Waals surface area contributed by atoms with Crippen molar-refractivity contribution in [1.29, 1.82) is 0 Å². The van der Waals surface area contributed by atoms with E-state index in [9.17, 15) is 4.39 Å². The van der Waals surface area contributed by atoms with Crippen LogP contribution in [0.15, 0.2) is 42.7 Å². The van der Waals surface area contributed by atoms with Crippen LogP contribution in [0.3, 0.4) is 0 Å². The van der Waals surface area contributed by atoms with Crippen molar-refractivity contribution in [3.8, 4) is 5.69 Å². The smallest absolute Gasteiger partial charge is 0.147 e. The quantitative estimate of drug-likeness (QED) is 0.603. The van der Waals surface area contributed by atoms with Gasteiger partial charge in [0.15, 0.2) is 0 Å². The van der Waals surface area contributed by atoms with Crippen molar-refractivity contribution in [3.63, 3.8) is 0 Å². The first-order valence-electron chi connectivity index (χ1n) is 3.67. The Morgan fingerprint density at radius 2 is 2.00 bits per heavy atom. The Morgan fingerprint density at radius 1 is 1.25 bits per heavy atom. The molecule has 0 unspecified atom stereocenters. The topological polar surface area (TPSA) is 4.93 Å². The van der Waals surface area contributed by atoms with Crippen molar-refractivity contribution in [2.75, 3.05) is 0 Å². The van der Waals surface area contributed by atoms with Crippen LogP contribution in [-0.4, -0.2) is 4.57 Å². The highest BCUT2D eigenvalue weighted by atomic mass is 19.1. The van der Waals surface area contributed by atoms with Gasteiger partial charge in [-0.2, -0.15) is 0 Å². The van der Waals surface area contributed by atoms with Gasteiger partial charge in [0.2, 0.25) is 0 Å². The number of hydrogen-bond acceptors (Lipinski definition) is 0. The van der Waals surface area contributed by atoms with Crippen molar-refractivity contribution in [1.82, 2.24) is 4.57 Å². The standard InChI is InChI=1S/C10H7FN/c11-9-5-1-2-6-10(9)12-7-3-4-8-12/h1,3-8H. The first-order chi connectivity index (χ1) is 5.88. The van der Waals surface area contributed by atoms with Gasteiger partial charge in [0.25, 0.3) is 0 Å². The molecule has 2 heteroatoms. The summed E-state index contributed by atoms with van der Waals surface area (Å²) in [5.74, 6) is -0.232. The normalized spacial score (nSPS) is 10.1. The van der Waals surface area contributed by atoms with Gasteiger partial charge >= 0.3 is 0 Å². The van der Waals surface area contributed by atoms with E-state index in [0.717, 1.165) is 0 Å². The number of halogens is 1. The molecule has 59 valence electrons. The molecule has 0 spiro atoms. The summed E-state index contributed by atoms with van der Waals surface area (Å²) in [6.07, 6.45) is 3.60. The van der Waals surface area contributed by atoms with Gasteiger partial charge in [-0.3, -0.25) is 0 Å². The Balaban J connectivity index is 2.55. The summed E-state index contributed by atoms with van der Waals surface area (Å²) < 4.78 is 14.8. The van der Waals surface area contributed by atoms with E-state index >= 15 is 0 Å². The molecular formula is C10H7FN. The molecule has 0 bridgehead atoms. The molecule has 1 aromatic carbocycles. The molecule has 1 aromatic heterocycles. The third-order valence-corrected chi connectivity index (χ3v) is 1.67. The number of nitrogens with zero attached hydrogens (tertiary/aromatic N) is 1. The van der Waals surface area contributed by atoms with Crippen LogP contribution in [0.2, 0.25) is 0 Å². The molecule has 0 aliphatic carbocycles. The second-order valence-corrected chi connectivity index (χ2v) is 2.47. The van der Waals surface area contributed by atoms with Crippen LogP contribution in [0.25, 0.3) is 5.69 Å². The van der Waals surface area contributed by atoms with Gasteiger partial charge in [0, 0.05) is 12.4 Å². The SMILES string of the molecule is Fc1cc[c]cc1-n1cccc1. The van der Waals surface area contributed by atoms with Crippen LogP contribution in [-0.2, 0) is 0 Å². The van der Waals surface area contributed by atoms with Gasteiger partial charge in [-0.05, 0) is 30.3 Å². The third-order valence-electron chi connectivity index (χ3n) is 1.67. The van der Waals surface area contributed by atoms with Gasteiger partial charge in [-0.1, -0.05) is 6.07 Å². The largest absolute Gasteiger partial charge is 0.321 e. The zero-order valence-corrected chi connectivity index (χ0v) is 6.37. The van der Waals surface area contributed by atoms with Crippen molar-refractivity contribution in [2.45, 2.75) is 0 Å². The lowest BCUT2D eigenvalue weighted by atomic mass is 10.3. The van der Waals surface area contributed by atoms with Crippen molar-refractivity contribution < 1.29 is 4.39 Å².